The van der Waals surface area contributed by atoms with Crippen molar-refractivity contribution in [3.8, 4) is 11.8 Å². The average Bonchev–Trinajstić information content (AvgIpc) is 2.53. The van der Waals surface area contributed by atoms with Crippen molar-refractivity contribution in [3.63, 3.8) is 0 Å². The maximum Gasteiger partial charge on any atom is 0.119 e. The number of aliphatic hydroxyl groups excluding tert-OH is 1. The summed E-state index contributed by atoms with van der Waals surface area (Å²) < 4.78 is 5.13. The van der Waals surface area contributed by atoms with E-state index < -0.39 is 6.10 Å². The molecule has 2 N–H and O–H groups in total. The summed E-state index contributed by atoms with van der Waals surface area (Å²) in [7, 11) is 1.58. The zero-order valence-corrected chi connectivity index (χ0v) is 12.3. The molecule has 0 saturated carbocycles. The van der Waals surface area contributed by atoms with Crippen molar-refractivity contribution in [1.82, 2.24) is 0 Å². The molecule has 2 rings (SSSR count). The van der Waals surface area contributed by atoms with Crippen LogP contribution in [0.1, 0.15) is 17.2 Å². The number of anilines is 1. The molecule has 1 unspecified atom stereocenters. The molecule has 2 aromatic rings. The standard InChI is InChI=1S/C16H15ClN2O2/c1-21-13-4-2-3-12(8-13)16(20)10-19-15-7-11(9-18)5-6-14(15)17/h2-8,16,19-20H,10H2,1H3. The first-order valence-electron chi connectivity index (χ1n) is 6.39. The Morgan fingerprint density at radius 3 is 2.86 bits per heavy atom. The third kappa shape index (κ3) is 3.88. The Morgan fingerprint density at radius 1 is 1.33 bits per heavy atom. The molecule has 0 aliphatic carbocycles. The number of hydrogen-bond donors (Lipinski definition) is 2. The van der Waals surface area contributed by atoms with E-state index in [4.69, 9.17) is 21.6 Å². The number of nitrogens with one attached hydrogen (secondary N) is 1. The maximum atomic E-state index is 10.2. The van der Waals surface area contributed by atoms with Crippen molar-refractivity contribution in [2.45, 2.75) is 6.10 Å². The SMILES string of the molecule is COc1cccc(C(O)CNc2cc(C#N)ccc2Cl)c1. The Labute approximate surface area is 128 Å². The van der Waals surface area contributed by atoms with Crippen molar-refractivity contribution in [3.05, 3.63) is 58.6 Å². The first kappa shape index (κ1) is 15.2. The number of aliphatic hydroxyl groups is 1. The molecule has 0 fully saturated rings. The van der Waals surface area contributed by atoms with Gasteiger partial charge in [-0.25, -0.2) is 0 Å². The Balaban J connectivity index is 2.07. The van der Waals surface area contributed by atoms with Crippen LogP contribution in [0.5, 0.6) is 5.75 Å². The van der Waals surface area contributed by atoms with Gasteiger partial charge in [0.15, 0.2) is 0 Å². The van der Waals surface area contributed by atoms with Gasteiger partial charge in [-0.1, -0.05) is 23.7 Å². The number of benzene rings is 2. The van der Waals surface area contributed by atoms with E-state index in [9.17, 15) is 5.11 Å². The van der Waals surface area contributed by atoms with Crippen molar-refractivity contribution in [2.75, 3.05) is 19.0 Å². The summed E-state index contributed by atoms with van der Waals surface area (Å²) in [6, 6.07) is 14.2. The molecular weight excluding hydrogens is 288 g/mol. The van der Waals surface area contributed by atoms with Gasteiger partial charge < -0.3 is 15.2 Å². The van der Waals surface area contributed by atoms with Crippen LogP contribution in [-0.4, -0.2) is 18.8 Å². The number of ether oxygens (including phenoxy) is 1. The average molecular weight is 303 g/mol. The summed E-state index contributed by atoms with van der Waals surface area (Å²) in [6.07, 6.45) is -0.707. The fourth-order valence-corrected chi connectivity index (χ4v) is 2.09. The van der Waals surface area contributed by atoms with E-state index in [-0.39, 0.29) is 6.54 Å². The minimum Gasteiger partial charge on any atom is -0.497 e. The van der Waals surface area contributed by atoms with Gasteiger partial charge in [-0.3, -0.25) is 0 Å². The van der Waals surface area contributed by atoms with Gasteiger partial charge in [-0.2, -0.15) is 5.26 Å². The third-order valence-electron chi connectivity index (χ3n) is 3.06. The van der Waals surface area contributed by atoms with Crippen LogP contribution >= 0.6 is 11.6 Å². The molecule has 0 aromatic heterocycles. The zero-order valence-electron chi connectivity index (χ0n) is 11.5. The molecule has 0 aliphatic heterocycles. The Kier molecular flexibility index (Phi) is 5.04. The van der Waals surface area contributed by atoms with Gasteiger partial charge in [0.25, 0.3) is 0 Å². The van der Waals surface area contributed by atoms with E-state index in [1.165, 1.54) is 0 Å². The molecule has 0 spiro atoms. The highest BCUT2D eigenvalue weighted by Crippen LogP contribution is 2.24. The van der Waals surface area contributed by atoms with Gasteiger partial charge in [0, 0.05) is 6.54 Å². The second-order valence-electron chi connectivity index (χ2n) is 4.48. The topological polar surface area (TPSA) is 65.3 Å². The number of halogens is 1. The summed E-state index contributed by atoms with van der Waals surface area (Å²) in [5, 5.41) is 22.6. The van der Waals surface area contributed by atoms with Gasteiger partial charge >= 0.3 is 0 Å². The minimum absolute atomic E-state index is 0.280. The van der Waals surface area contributed by atoms with E-state index in [2.05, 4.69) is 11.4 Å². The van der Waals surface area contributed by atoms with E-state index in [0.29, 0.717) is 22.0 Å². The molecule has 0 radical (unpaired) electrons. The first-order valence-corrected chi connectivity index (χ1v) is 6.77. The predicted molar refractivity (Wildman–Crippen MR) is 82.6 cm³/mol. The van der Waals surface area contributed by atoms with Gasteiger partial charge in [-0.15, -0.1) is 0 Å². The molecule has 4 nitrogen and oxygen atoms in total. The molecular formula is C16H15ClN2O2. The second-order valence-corrected chi connectivity index (χ2v) is 4.89. The van der Waals surface area contributed by atoms with Gasteiger partial charge in [0.1, 0.15) is 5.75 Å². The van der Waals surface area contributed by atoms with E-state index in [1.54, 1.807) is 31.4 Å². The van der Waals surface area contributed by atoms with Crippen LogP contribution in [0, 0.1) is 11.3 Å². The van der Waals surface area contributed by atoms with Crippen molar-refractivity contribution in [2.24, 2.45) is 0 Å². The predicted octanol–water partition coefficient (Wildman–Crippen LogP) is 3.37. The largest absolute Gasteiger partial charge is 0.497 e. The normalized spacial score (nSPS) is 11.5. The number of rotatable bonds is 5. The Bertz CT molecular complexity index is 668. The molecule has 21 heavy (non-hydrogen) atoms. The molecule has 0 heterocycles. The highest BCUT2D eigenvalue weighted by Gasteiger charge is 2.10. The summed E-state index contributed by atoms with van der Waals surface area (Å²) in [4.78, 5) is 0. The lowest BCUT2D eigenvalue weighted by Crippen LogP contribution is -2.12. The molecule has 1 atom stereocenters. The molecule has 2 aromatic carbocycles. The fourth-order valence-electron chi connectivity index (χ4n) is 1.90. The molecule has 0 aliphatic rings. The number of methoxy groups -OCH3 is 1. The van der Waals surface area contributed by atoms with Gasteiger partial charge in [0.2, 0.25) is 0 Å². The number of nitriles is 1. The van der Waals surface area contributed by atoms with Crippen LogP contribution in [0.4, 0.5) is 5.69 Å². The van der Waals surface area contributed by atoms with Gasteiger partial charge in [0.05, 0.1) is 35.6 Å². The lowest BCUT2D eigenvalue weighted by Gasteiger charge is -2.15. The van der Waals surface area contributed by atoms with E-state index in [0.717, 1.165) is 5.56 Å². The van der Waals surface area contributed by atoms with Crippen LogP contribution < -0.4 is 10.1 Å². The highest BCUT2D eigenvalue weighted by molar-refractivity contribution is 6.33. The van der Waals surface area contributed by atoms with Gasteiger partial charge in [-0.05, 0) is 35.9 Å². The van der Waals surface area contributed by atoms with Crippen molar-refractivity contribution >= 4 is 17.3 Å². The second kappa shape index (κ2) is 6.98. The number of nitrogens with zero attached hydrogens (tertiary/aromatic N) is 1. The minimum atomic E-state index is -0.707. The fraction of sp³-hybridized carbons (Fsp3) is 0.188. The van der Waals surface area contributed by atoms with Crippen molar-refractivity contribution in [1.29, 1.82) is 5.26 Å². The molecule has 0 bridgehead atoms. The summed E-state index contributed by atoms with van der Waals surface area (Å²) in [6.45, 7) is 0.280. The van der Waals surface area contributed by atoms with Crippen molar-refractivity contribution < 1.29 is 9.84 Å². The lowest BCUT2D eigenvalue weighted by molar-refractivity contribution is 0.191. The summed E-state index contributed by atoms with van der Waals surface area (Å²) in [5.74, 6) is 0.691. The monoisotopic (exact) mass is 302 g/mol. The molecule has 0 saturated heterocycles. The van der Waals surface area contributed by atoms with E-state index >= 15 is 0 Å². The Morgan fingerprint density at radius 2 is 2.14 bits per heavy atom. The number of hydrogen-bond acceptors (Lipinski definition) is 4. The highest BCUT2D eigenvalue weighted by atomic mass is 35.5. The van der Waals surface area contributed by atoms with Crippen LogP contribution in [0.3, 0.4) is 0 Å². The summed E-state index contributed by atoms with van der Waals surface area (Å²) in [5.41, 5.74) is 1.88. The lowest BCUT2D eigenvalue weighted by atomic mass is 10.1. The third-order valence-corrected chi connectivity index (χ3v) is 3.39. The zero-order chi connectivity index (χ0) is 15.2. The molecule has 5 heteroatoms. The quantitative estimate of drug-likeness (QED) is 0.889. The first-order chi connectivity index (χ1) is 10.1. The van der Waals surface area contributed by atoms with Crippen LogP contribution in [-0.2, 0) is 0 Å². The smallest absolute Gasteiger partial charge is 0.119 e. The van der Waals surface area contributed by atoms with E-state index in [1.807, 2.05) is 18.2 Å². The maximum absolute atomic E-state index is 10.2. The van der Waals surface area contributed by atoms with Crippen LogP contribution in [0.25, 0.3) is 0 Å². The Hall–Kier alpha value is -2.22. The summed E-state index contributed by atoms with van der Waals surface area (Å²) >= 11 is 6.06. The molecule has 108 valence electrons. The van der Waals surface area contributed by atoms with Crippen LogP contribution in [0.15, 0.2) is 42.5 Å². The van der Waals surface area contributed by atoms with Crippen LogP contribution in [0.2, 0.25) is 5.02 Å². The molecule has 0 amide bonds.